The average molecular weight is 563 g/mol. The Hall–Kier alpha value is -3.75. The average Bonchev–Trinajstić information content (AvgIpc) is 3.23. The summed E-state index contributed by atoms with van der Waals surface area (Å²) >= 11 is 0. The van der Waals surface area contributed by atoms with E-state index < -0.39 is 41.9 Å². The standard InChI is InChI=1S/C33H39FN2O5/c1-33(2,3)41-32(40)35-27(18-21-9-5-4-6-10-21)28(37)20-24(17-22-13-15-25(34)16-14-22)31(39)36-30-26-12-8-7-11-23(26)19-29(30)38/h4-16,24,27-30,37-38H,17-20H2,1-3H3,(H,35,40)(H,36,39)/t24-,27-,28-,29+,30-/m0/s1. The van der Waals surface area contributed by atoms with Gasteiger partial charge in [-0.25, -0.2) is 9.18 Å². The maximum atomic E-state index is 13.7. The molecule has 218 valence electrons. The summed E-state index contributed by atoms with van der Waals surface area (Å²) in [5.74, 6) is -1.45. The van der Waals surface area contributed by atoms with Gasteiger partial charge in [-0.3, -0.25) is 4.79 Å². The number of amides is 2. The van der Waals surface area contributed by atoms with Crippen LogP contribution < -0.4 is 10.6 Å². The Kier molecular flexibility index (Phi) is 9.78. The van der Waals surface area contributed by atoms with Crippen LogP contribution in [0.25, 0.3) is 0 Å². The lowest BCUT2D eigenvalue weighted by atomic mass is 9.88. The first-order valence-corrected chi connectivity index (χ1v) is 14.0. The molecule has 0 aliphatic heterocycles. The maximum absolute atomic E-state index is 13.7. The molecule has 41 heavy (non-hydrogen) atoms. The molecule has 0 aromatic heterocycles. The van der Waals surface area contributed by atoms with Gasteiger partial charge in [0.05, 0.1) is 24.3 Å². The van der Waals surface area contributed by atoms with E-state index in [1.165, 1.54) is 12.1 Å². The number of carbonyl (C=O) groups is 2. The molecule has 0 radical (unpaired) electrons. The number of hydrogen-bond donors (Lipinski definition) is 4. The van der Waals surface area contributed by atoms with E-state index >= 15 is 0 Å². The number of carbonyl (C=O) groups excluding carboxylic acids is 2. The van der Waals surface area contributed by atoms with Gasteiger partial charge in [0.25, 0.3) is 0 Å². The number of alkyl carbamates (subject to hydrolysis) is 1. The van der Waals surface area contributed by atoms with Crippen molar-refractivity contribution in [3.63, 3.8) is 0 Å². The van der Waals surface area contributed by atoms with Crippen molar-refractivity contribution in [1.82, 2.24) is 10.6 Å². The molecule has 3 aromatic carbocycles. The highest BCUT2D eigenvalue weighted by molar-refractivity contribution is 5.80. The number of nitrogens with one attached hydrogen (secondary N) is 2. The highest BCUT2D eigenvalue weighted by atomic mass is 19.1. The number of rotatable bonds is 10. The smallest absolute Gasteiger partial charge is 0.407 e. The number of halogens is 1. The number of hydrogen-bond acceptors (Lipinski definition) is 5. The van der Waals surface area contributed by atoms with E-state index in [0.717, 1.165) is 22.3 Å². The van der Waals surface area contributed by atoms with Crippen molar-refractivity contribution in [1.29, 1.82) is 0 Å². The largest absolute Gasteiger partial charge is 0.444 e. The minimum Gasteiger partial charge on any atom is -0.444 e. The molecule has 5 atom stereocenters. The highest BCUT2D eigenvalue weighted by Gasteiger charge is 2.35. The minimum atomic E-state index is -1.11. The molecule has 4 N–H and O–H groups in total. The number of aliphatic hydroxyl groups is 2. The van der Waals surface area contributed by atoms with Crippen LogP contribution in [0.3, 0.4) is 0 Å². The van der Waals surface area contributed by atoms with Crippen LogP contribution in [-0.4, -0.2) is 46.1 Å². The van der Waals surface area contributed by atoms with E-state index in [2.05, 4.69) is 10.6 Å². The summed E-state index contributed by atoms with van der Waals surface area (Å²) in [4.78, 5) is 26.4. The zero-order valence-corrected chi connectivity index (χ0v) is 23.7. The van der Waals surface area contributed by atoms with Gasteiger partial charge in [-0.2, -0.15) is 0 Å². The molecule has 8 heteroatoms. The van der Waals surface area contributed by atoms with Crippen LogP contribution in [0.15, 0.2) is 78.9 Å². The molecule has 4 rings (SSSR count). The van der Waals surface area contributed by atoms with Gasteiger partial charge in [-0.15, -0.1) is 0 Å². The van der Waals surface area contributed by atoms with Gasteiger partial charge < -0.3 is 25.6 Å². The highest BCUT2D eigenvalue weighted by Crippen LogP contribution is 2.32. The van der Waals surface area contributed by atoms with Crippen LogP contribution in [0.5, 0.6) is 0 Å². The molecule has 0 fully saturated rings. The normalized spacial score (nSPS) is 18.6. The molecule has 0 spiro atoms. The van der Waals surface area contributed by atoms with Crippen LogP contribution in [0.2, 0.25) is 0 Å². The fraction of sp³-hybridized carbons (Fsp3) is 0.394. The van der Waals surface area contributed by atoms with Crippen molar-refractivity contribution < 1.29 is 28.9 Å². The predicted molar refractivity (Wildman–Crippen MR) is 155 cm³/mol. The summed E-state index contributed by atoms with van der Waals surface area (Å²) < 4.78 is 19.0. The third-order valence-electron chi connectivity index (χ3n) is 7.26. The van der Waals surface area contributed by atoms with E-state index in [9.17, 15) is 24.2 Å². The fourth-order valence-electron chi connectivity index (χ4n) is 5.27. The Bertz CT molecular complexity index is 1310. The van der Waals surface area contributed by atoms with Crippen molar-refractivity contribution in [3.8, 4) is 0 Å². The second-order valence-electron chi connectivity index (χ2n) is 11.7. The molecule has 0 bridgehead atoms. The van der Waals surface area contributed by atoms with E-state index in [4.69, 9.17) is 4.74 Å². The van der Waals surface area contributed by atoms with Gasteiger partial charge in [0.2, 0.25) is 5.91 Å². The molecular weight excluding hydrogens is 523 g/mol. The van der Waals surface area contributed by atoms with E-state index in [1.807, 2.05) is 54.6 Å². The lowest BCUT2D eigenvalue weighted by molar-refractivity contribution is -0.127. The van der Waals surface area contributed by atoms with Crippen molar-refractivity contribution in [2.24, 2.45) is 5.92 Å². The Morgan fingerprint density at radius 3 is 2.27 bits per heavy atom. The number of aliphatic hydroxyl groups excluding tert-OH is 2. The summed E-state index contributed by atoms with van der Waals surface area (Å²) in [6.45, 7) is 5.27. The molecule has 0 saturated heterocycles. The Morgan fingerprint density at radius 1 is 0.951 bits per heavy atom. The quantitative estimate of drug-likeness (QED) is 0.288. The first kappa shape index (κ1) is 30.2. The van der Waals surface area contributed by atoms with Crippen molar-refractivity contribution in [2.45, 2.75) is 76.3 Å². The molecule has 7 nitrogen and oxygen atoms in total. The van der Waals surface area contributed by atoms with Crippen molar-refractivity contribution in [2.75, 3.05) is 0 Å². The summed E-state index contributed by atoms with van der Waals surface area (Å²) in [5.41, 5.74) is 2.74. The SMILES string of the molecule is CC(C)(C)OC(=O)N[C@@H](Cc1ccccc1)[C@@H](O)C[C@H](Cc1ccc(F)cc1)C(=O)N[C@H]1c2ccccc2C[C@H]1O. The lowest BCUT2D eigenvalue weighted by Gasteiger charge is -2.29. The predicted octanol–water partition coefficient (Wildman–Crippen LogP) is 4.65. The number of fused-ring (bicyclic) bond motifs is 1. The van der Waals surface area contributed by atoms with E-state index in [0.29, 0.717) is 12.8 Å². The second-order valence-corrected chi connectivity index (χ2v) is 11.7. The van der Waals surface area contributed by atoms with Crippen LogP contribution in [0, 0.1) is 11.7 Å². The summed E-state index contributed by atoms with van der Waals surface area (Å²) in [6, 6.07) is 21.6. The molecule has 1 aliphatic carbocycles. The zero-order chi connectivity index (χ0) is 29.6. The summed E-state index contributed by atoms with van der Waals surface area (Å²) in [6.07, 6.45) is -1.54. The Balaban J connectivity index is 1.56. The fourth-order valence-corrected chi connectivity index (χ4v) is 5.27. The third-order valence-corrected chi connectivity index (χ3v) is 7.26. The monoisotopic (exact) mass is 562 g/mol. The van der Waals surface area contributed by atoms with Crippen LogP contribution >= 0.6 is 0 Å². The van der Waals surface area contributed by atoms with Gasteiger partial charge in [-0.05, 0) is 74.4 Å². The topological polar surface area (TPSA) is 108 Å². The molecule has 3 aromatic rings. The summed E-state index contributed by atoms with van der Waals surface area (Å²) in [7, 11) is 0. The first-order chi connectivity index (χ1) is 19.5. The first-order valence-electron chi connectivity index (χ1n) is 14.0. The van der Waals surface area contributed by atoms with Gasteiger partial charge in [-0.1, -0.05) is 66.7 Å². The van der Waals surface area contributed by atoms with E-state index in [1.54, 1.807) is 32.9 Å². The second kappa shape index (κ2) is 13.3. The third kappa shape index (κ3) is 8.62. The molecule has 2 amide bonds. The van der Waals surface area contributed by atoms with Crippen LogP contribution in [-0.2, 0) is 28.8 Å². The van der Waals surface area contributed by atoms with Gasteiger partial charge in [0.15, 0.2) is 0 Å². The Morgan fingerprint density at radius 2 is 1.59 bits per heavy atom. The molecule has 0 saturated carbocycles. The van der Waals surface area contributed by atoms with Gasteiger partial charge >= 0.3 is 6.09 Å². The van der Waals surface area contributed by atoms with Gasteiger partial charge in [0, 0.05) is 12.3 Å². The Labute approximate surface area is 240 Å². The van der Waals surface area contributed by atoms with Crippen molar-refractivity contribution in [3.05, 3.63) is 107 Å². The molecule has 0 heterocycles. The number of ether oxygens (including phenoxy) is 1. The molecule has 1 aliphatic rings. The number of benzene rings is 3. The molecular formula is C33H39FN2O5. The van der Waals surface area contributed by atoms with Crippen LogP contribution in [0.1, 0.15) is 55.5 Å². The van der Waals surface area contributed by atoms with Gasteiger partial charge in [0.1, 0.15) is 11.4 Å². The lowest BCUT2D eigenvalue weighted by Crippen LogP contribution is -2.48. The molecule has 0 unspecified atom stereocenters. The minimum absolute atomic E-state index is 0.0149. The van der Waals surface area contributed by atoms with Crippen LogP contribution in [0.4, 0.5) is 9.18 Å². The summed E-state index contributed by atoms with van der Waals surface area (Å²) in [5, 5.41) is 28.0. The van der Waals surface area contributed by atoms with Crippen molar-refractivity contribution >= 4 is 12.0 Å². The zero-order valence-electron chi connectivity index (χ0n) is 23.7. The maximum Gasteiger partial charge on any atom is 0.407 e. The van der Waals surface area contributed by atoms with E-state index in [-0.39, 0.29) is 24.6 Å².